The molecule has 0 N–H and O–H groups in total. The molecule has 3 rings (SSSR count). The second-order valence-electron chi connectivity index (χ2n) is 6.83. The van der Waals surface area contributed by atoms with Crippen molar-refractivity contribution in [2.24, 2.45) is 0 Å². The van der Waals surface area contributed by atoms with E-state index in [0.717, 1.165) is 50.6 Å². The van der Waals surface area contributed by atoms with Crippen molar-refractivity contribution in [3.8, 4) is 11.5 Å². The van der Waals surface area contributed by atoms with Crippen molar-refractivity contribution in [3.63, 3.8) is 0 Å². The van der Waals surface area contributed by atoms with Gasteiger partial charge in [0.2, 0.25) is 0 Å². The van der Waals surface area contributed by atoms with E-state index in [2.05, 4.69) is 47.2 Å². The summed E-state index contributed by atoms with van der Waals surface area (Å²) in [5, 5.41) is 0. The molecule has 1 heterocycles. The lowest BCUT2D eigenvalue weighted by atomic mass is 10.1. The summed E-state index contributed by atoms with van der Waals surface area (Å²) in [7, 11) is 2.19. The molecular weight excluding hydrogens is 324 g/mol. The van der Waals surface area contributed by atoms with E-state index < -0.39 is 0 Å². The number of ether oxygens (including phenoxy) is 2. The van der Waals surface area contributed by atoms with Crippen molar-refractivity contribution in [2.75, 3.05) is 46.4 Å². The van der Waals surface area contributed by atoms with Crippen molar-refractivity contribution in [2.45, 2.75) is 19.4 Å². The number of benzene rings is 2. The number of piperazine rings is 1. The van der Waals surface area contributed by atoms with Crippen LogP contribution in [0.15, 0.2) is 54.6 Å². The van der Waals surface area contributed by atoms with Gasteiger partial charge < -0.3 is 19.3 Å². The third kappa shape index (κ3) is 5.23. The summed E-state index contributed by atoms with van der Waals surface area (Å²) < 4.78 is 12.2. The van der Waals surface area contributed by atoms with E-state index in [9.17, 15) is 0 Å². The molecule has 0 saturated carbocycles. The Hall–Kier alpha value is -2.04. The number of hydrogen-bond donors (Lipinski definition) is 0. The van der Waals surface area contributed by atoms with Crippen molar-refractivity contribution >= 4 is 0 Å². The lowest BCUT2D eigenvalue weighted by Crippen LogP contribution is -2.45. The highest BCUT2D eigenvalue weighted by Gasteiger charge is 2.19. The molecule has 1 aliphatic heterocycles. The predicted molar refractivity (Wildman–Crippen MR) is 106 cm³/mol. The Bertz CT molecular complexity index is 654. The molecule has 1 atom stereocenters. The van der Waals surface area contributed by atoms with Crippen LogP contribution in [0.1, 0.15) is 25.0 Å². The molecule has 2 aromatic carbocycles. The van der Waals surface area contributed by atoms with E-state index in [-0.39, 0.29) is 6.10 Å². The minimum Gasteiger partial charge on any atom is -0.490 e. The monoisotopic (exact) mass is 354 g/mol. The van der Waals surface area contributed by atoms with E-state index in [1.54, 1.807) is 0 Å². The van der Waals surface area contributed by atoms with Crippen molar-refractivity contribution in [1.29, 1.82) is 0 Å². The zero-order valence-corrected chi connectivity index (χ0v) is 15.9. The first-order chi connectivity index (χ1) is 12.8. The lowest BCUT2D eigenvalue weighted by Gasteiger charge is -2.33. The summed E-state index contributed by atoms with van der Waals surface area (Å²) in [6, 6.07) is 18.5. The molecule has 0 amide bonds. The van der Waals surface area contributed by atoms with Gasteiger partial charge in [0.1, 0.15) is 6.10 Å². The van der Waals surface area contributed by atoms with E-state index in [1.807, 2.05) is 31.2 Å². The normalized spacial score (nSPS) is 17.0. The average molecular weight is 354 g/mol. The van der Waals surface area contributed by atoms with Gasteiger partial charge in [-0.3, -0.25) is 0 Å². The van der Waals surface area contributed by atoms with Crippen molar-refractivity contribution in [1.82, 2.24) is 9.80 Å². The summed E-state index contributed by atoms with van der Waals surface area (Å²) in [5.41, 5.74) is 1.22. The molecule has 2 aromatic rings. The molecule has 1 unspecified atom stereocenters. The van der Waals surface area contributed by atoms with Crippen LogP contribution in [-0.4, -0.2) is 56.2 Å². The van der Waals surface area contributed by atoms with Crippen LogP contribution in [0.3, 0.4) is 0 Å². The predicted octanol–water partition coefficient (Wildman–Crippen LogP) is 3.84. The zero-order chi connectivity index (χ0) is 18.2. The molecule has 0 bridgehead atoms. The maximum Gasteiger partial charge on any atom is 0.162 e. The first kappa shape index (κ1) is 18.7. The van der Waals surface area contributed by atoms with E-state index in [1.165, 1.54) is 5.56 Å². The molecule has 140 valence electrons. The molecule has 1 aliphatic rings. The van der Waals surface area contributed by atoms with Gasteiger partial charge in [0.25, 0.3) is 0 Å². The molecule has 1 saturated heterocycles. The molecule has 0 aromatic heterocycles. The van der Waals surface area contributed by atoms with Gasteiger partial charge in [-0.1, -0.05) is 42.5 Å². The highest BCUT2D eigenvalue weighted by molar-refractivity contribution is 5.40. The standard InChI is InChI=1S/C22H30N2O2/c1-3-25-21-11-7-8-12-22(21)26-20(19-9-5-4-6-10-19)13-14-24-17-15-23(2)16-18-24/h4-12,20H,3,13-18H2,1-2H3. The minimum absolute atomic E-state index is 0.0254. The Morgan fingerprint density at radius 2 is 1.54 bits per heavy atom. The quantitative estimate of drug-likeness (QED) is 0.719. The first-order valence-corrected chi connectivity index (χ1v) is 9.60. The Balaban J connectivity index is 1.70. The Kier molecular flexibility index (Phi) is 6.92. The number of rotatable bonds is 8. The summed E-state index contributed by atoms with van der Waals surface area (Å²) in [5.74, 6) is 1.64. The smallest absolute Gasteiger partial charge is 0.162 e. The molecule has 4 heteroatoms. The second kappa shape index (κ2) is 9.60. The third-order valence-corrected chi connectivity index (χ3v) is 4.89. The van der Waals surface area contributed by atoms with Crippen LogP contribution < -0.4 is 9.47 Å². The maximum atomic E-state index is 6.43. The first-order valence-electron chi connectivity index (χ1n) is 9.60. The SMILES string of the molecule is CCOc1ccccc1OC(CCN1CCN(C)CC1)c1ccccc1. The van der Waals surface area contributed by atoms with Crippen molar-refractivity contribution in [3.05, 3.63) is 60.2 Å². The number of nitrogens with zero attached hydrogens (tertiary/aromatic N) is 2. The molecule has 0 aliphatic carbocycles. The van der Waals surface area contributed by atoms with Crippen LogP contribution in [0.25, 0.3) is 0 Å². The van der Waals surface area contributed by atoms with Crippen molar-refractivity contribution < 1.29 is 9.47 Å². The summed E-state index contributed by atoms with van der Waals surface area (Å²) in [6.07, 6.45) is 0.992. The van der Waals surface area contributed by atoms with Gasteiger partial charge >= 0.3 is 0 Å². The molecule has 26 heavy (non-hydrogen) atoms. The Labute approximate surface area is 157 Å². The van der Waals surface area contributed by atoms with Gasteiger partial charge in [0.15, 0.2) is 11.5 Å². The molecule has 4 nitrogen and oxygen atoms in total. The van der Waals surface area contributed by atoms with Gasteiger partial charge in [-0.2, -0.15) is 0 Å². The van der Waals surface area contributed by atoms with Gasteiger partial charge in [-0.15, -0.1) is 0 Å². The topological polar surface area (TPSA) is 24.9 Å². The van der Waals surface area contributed by atoms with E-state index in [0.29, 0.717) is 6.61 Å². The Morgan fingerprint density at radius 1 is 0.885 bits per heavy atom. The van der Waals surface area contributed by atoms with Gasteiger partial charge in [0.05, 0.1) is 6.61 Å². The fraction of sp³-hybridized carbons (Fsp3) is 0.455. The zero-order valence-electron chi connectivity index (χ0n) is 15.9. The highest BCUT2D eigenvalue weighted by Crippen LogP contribution is 2.32. The van der Waals surface area contributed by atoms with Crippen LogP contribution in [0.2, 0.25) is 0 Å². The summed E-state index contributed by atoms with van der Waals surface area (Å²) in [4.78, 5) is 4.92. The van der Waals surface area contributed by atoms with Crippen LogP contribution >= 0.6 is 0 Å². The summed E-state index contributed by atoms with van der Waals surface area (Å²) in [6.45, 7) is 8.23. The highest BCUT2D eigenvalue weighted by atomic mass is 16.5. The van der Waals surface area contributed by atoms with E-state index >= 15 is 0 Å². The fourth-order valence-electron chi connectivity index (χ4n) is 3.31. The molecular formula is C22H30N2O2. The Morgan fingerprint density at radius 3 is 2.23 bits per heavy atom. The van der Waals surface area contributed by atoms with E-state index in [4.69, 9.17) is 9.47 Å². The lowest BCUT2D eigenvalue weighted by molar-refractivity contribution is 0.121. The molecule has 1 fully saturated rings. The van der Waals surface area contributed by atoms with Gasteiger partial charge in [-0.05, 0) is 31.7 Å². The minimum atomic E-state index is 0.0254. The number of para-hydroxylation sites is 2. The average Bonchev–Trinajstić information content (AvgIpc) is 2.68. The van der Waals surface area contributed by atoms with Gasteiger partial charge in [0, 0.05) is 39.1 Å². The van der Waals surface area contributed by atoms with Gasteiger partial charge in [-0.25, -0.2) is 0 Å². The summed E-state index contributed by atoms with van der Waals surface area (Å²) >= 11 is 0. The molecule has 0 spiro atoms. The largest absolute Gasteiger partial charge is 0.490 e. The second-order valence-corrected chi connectivity index (χ2v) is 6.83. The number of likely N-dealkylation sites (N-methyl/N-ethyl adjacent to an activating group) is 1. The maximum absolute atomic E-state index is 6.43. The van der Waals surface area contributed by atoms with Crippen LogP contribution in [-0.2, 0) is 0 Å². The number of hydrogen-bond acceptors (Lipinski definition) is 4. The molecule has 0 radical (unpaired) electrons. The fourth-order valence-corrected chi connectivity index (χ4v) is 3.31. The van der Waals surface area contributed by atoms with Crippen LogP contribution in [0, 0.1) is 0 Å². The van der Waals surface area contributed by atoms with Crippen LogP contribution in [0.5, 0.6) is 11.5 Å². The van der Waals surface area contributed by atoms with Crippen LogP contribution in [0.4, 0.5) is 0 Å². The third-order valence-electron chi connectivity index (χ3n) is 4.89.